The van der Waals surface area contributed by atoms with E-state index in [4.69, 9.17) is 4.84 Å². The van der Waals surface area contributed by atoms with E-state index < -0.39 is 4.92 Å². The van der Waals surface area contributed by atoms with Gasteiger partial charge in [-0.05, 0) is 36.2 Å². The Balaban J connectivity index is 1.56. The topological polar surface area (TPSA) is 69.7 Å². The fourth-order valence-electron chi connectivity index (χ4n) is 3.56. The molecule has 0 aliphatic rings. The molecule has 3 aromatic carbocycles. The van der Waals surface area contributed by atoms with Crippen LogP contribution < -0.4 is 0 Å². The van der Waals surface area contributed by atoms with Gasteiger partial charge in [0.1, 0.15) is 6.61 Å². The molecule has 0 saturated heterocycles. The van der Waals surface area contributed by atoms with Crippen LogP contribution in [0, 0.1) is 17.0 Å². The van der Waals surface area contributed by atoms with Gasteiger partial charge in [0.25, 0.3) is 5.69 Å². The van der Waals surface area contributed by atoms with Crippen molar-refractivity contribution in [2.75, 3.05) is 0 Å². The van der Waals surface area contributed by atoms with Crippen molar-refractivity contribution in [2.45, 2.75) is 20.1 Å². The zero-order chi connectivity index (χ0) is 21.8. The Morgan fingerprint density at radius 2 is 1.84 bits per heavy atom. The van der Waals surface area contributed by atoms with Crippen molar-refractivity contribution >= 4 is 38.7 Å². The van der Waals surface area contributed by atoms with Gasteiger partial charge < -0.3 is 9.40 Å². The predicted molar refractivity (Wildman–Crippen MR) is 125 cm³/mol. The van der Waals surface area contributed by atoms with Crippen LogP contribution in [0.3, 0.4) is 0 Å². The summed E-state index contributed by atoms with van der Waals surface area (Å²) in [5.41, 5.74) is 5.15. The largest absolute Gasteiger partial charge is 0.391 e. The highest BCUT2D eigenvalue weighted by Gasteiger charge is 2.13. The van der Waals surface area contributed by atoms with Gasteiger partial charge >= 0.3 is 0 Å². The number of benzene rings is 3. The van der Waals surface area contributed by atoms with Crippen molar-refractivity contribution in [1.82, 2.24) is 4.57 Å². The van der Waals surface area contributed by atoms with Crippen molar-refractivity contribution in [1.29, 1.82) is 0 Å². The molecule has 0 aliphatic heterocycles. The first-order chi connectivity index (χ1) is 15.0. The van der Waals surface area contributed by atoms with Crippen LogP contribution in [0.25, 0.3) is 10.9 Å². The van der Waals surface area contributed by atoms with Crippen LogP contribution >= 0.6 is 15.9 Å². The van der Waals surface area contributed by atoms with Gasteiger partial charge in [-0.15, -0.1) is 0 Å². The second-order valence-corrected chi connectivity index (χ2v) is 8.08. The third-order valence-corrected chi connectivity index (χ3v) is 5.67. The van der Waals surface area contributed by atoms with Gasteiger partial charge in [0.05, 0.1) is 11.1 Å². The summed E-state index contributed by atoms with van der Waals surface area (Å²) in [6.07, 6.45) is 1.72. The first-order valence-corrected chi connectivity index (χ1v) is 10.5. The lowest BCUT2D eigenvalue weighted by molar-refractivity contribution is -0.384. The van der Waals surface area contributed by atoms with Crippen LogP contribution in [0.15, 0.2) is 82.4 Å². The molecular formula is C24H20BrN3O3. The fourth-order valence-corrected chi connectivity index (χ4v) is 3.82. The lowest BCUT2D eigenvalue weighted by Crippen LogP contribution is -2.02. The molecule has 0 fully saturated rings. The van der Waals surface area contributed by atoms with Crippen LogP contribution in [0.1, 0.15) is 22.4 Å². The Kier molecular flexibility index (Phi) is 6.13. The van der Waals surface area contributed by atoms with Gasteiger partial charge in [-0.2, -0.15) is 0 Å². The summed E-state index contributed by atoms with van der Waals surface area (Å²) in [7, 11) is 0. The molecule has 6 nitrogen and oxygen atoms in total. The highest BCUT2D eigenvalue weighted by Crippen LogP contribution is 2.26. The lowest BCUT2D eigenvalue weighted by Gasteiger charge is -2.09. The molecule has 0 unspecified atom stereocenters. The third kappa shape index (κ3) is 4.67. The van der Waals surface area contributed by atoms with E-state index in [1.165, 1.54) is 17.7 Å². The van der Waals surface area contributed by atoms with Crippen molar-refractivity contribution < 1.29 is 9.76 Å². The highest BCUT2D eigenvalue weighted by molar-refractivity contribution is 9.10. The van der Waals surface area contributed by atoms with Crippen molar-refractivity contribution in [3.63, 3.8) is 0 Å². The van der Waals surface area contributed by atoms with Crippen LogP contribution in [-0.4, -0.2) is 15.7 Å². The third-order valence-electron chi connectivity index (χ3n) is 5.14. The fraction of sp³-hybridized carbons (Fsp3) is 0.125. The molecule has 1 aromatic heterocycles. The molecule has 0 radical (unpaired) electrons. The lowest BCUT2D eigenvalue weighted by atomic mass is 10.1. The summed E-state index contributed by atoms with van der Waals surface area (Å²) in [6, 6.07) is 22.9. The summed E-state index contributed by atoms with van der Waals surface area (Å²) < 4.78 is 3.32. The Morgan fingerprint density at radius 3 is 2.61 bits per heavy atom. The van der Waals surface area contributed by atoms with E-state index in [2.05, 4.69) is 56.8 Å². The molecule has 1 heterocycles. The average molecular weight is 478 g/mol. The summed E-state index contributed by atoms with van der Waals surface area (Å²) in [5.74, 6) is 0. The first-order valence-electron chi connectivity index (χ1n) is 9.74. The first kappa shape index (κ1) is 20.8. The number of oxime groups is 1. The van der Waals surface area contributed by atoms with E-state index in [9.17, 15) is 10.1 Å². The van der Waals surface area contributed by atoms with Gasteiger partial charge in [0, 0.05) is 45.3 Å². The maximum atomic E-state index is 10.9. The van der Waals surface area contributed by atoms with Gasteiger partial charge in [-0.3, -0.25) is 10.1 Å². The molecule has 7 heteroatoms. The number of non-ortho nitro benzene ring substituents is 1. The van der Waals surface area contributed by atoms with Gasteiger partial charge in [0.15, 0.2) is 0 Å². The molecule has 0 bridgehead atoms. The van der Waals surface area contributed by atoms with Gasteiger partial charge in [-0.1, -0.05) is 63.6 Å². The van der Waals surface area contributed by atoms with E-state index in [0.29, 0.717) is 5.56 Å². The number of nitrogens with zero attached hydrogens (tertiary/aromatic N) is 3. The standard InChI is InChI=1S/C24H20BrN3O3/c1-17-23(14-26-31-16-19-5-4-6-21(13-19)28(29)30)22-7-2-3-8-24(22)27(17)15-18-9-11-20(25)12-10-18/h2-14H,15-16H2,1H3/b26-14-. The Labute approximate surface area is 188 Å². The molecule has 0 saturated carbocycles. The quantitative estimate of drug-likeness (QED) is 0.180. The molecule has 4 aromatic rings. The summed E-state index contributed by atoms with van der Waals surface area (Å²) in [6.45, 7) is 2.98. The van der Waals surface area contributed by atoms with Crippen LogP contribution in [0.5, 0.6) is 0 Å². The molecule has 0 aliphatic carbocycles. The van der Waals surface area contributed by atoms with Gasteiger partial charge in [0.2, 0.25) is 0 Å². The monoisotopic (exact) mass is 477 g/mol. The van der Waals surface area contributed by atoms with E-state index in [1.807, 2.05) is 24.3 Å². The Morgan fingerprint density at radius 1 is 1.06 bits per heavy atom. The maximum Gasteiger partial charge on any atom is 0.269 e. The maximum absolute atomic E-state index is 10.9. The number of para-hydroxylation sites is 1. The summed E-state index contributed by atoms with van der Waals surface area (Å²) in [5, 5.41) is 16.1. The normalized spacial score (nSPS) is 11.3. The number of aromatic nitrogens is 1. The van der Waals surface area contributed by atoms with Crippen molar-refractivity contribution in [3.8, 4) is 0 Å². The molecule has 0 amide bonds. The number of nitro groups is 1. The number of nitro benzene ring substituents is 1. The Bertz CT molecular complexity index is 1260. The second kappa shape index (κ2) is 9.14. The van der Waals surface area contributed by atoms with E-state index in [-0.39, 0.29) is 12.3 Å². The minimum Gasteiger partial charge on any atom is -0.391 e. The number of halogens is 1. The molecule has 156 valence electrons. The van der Waals surface area contributed by atoms with E-state index >= 15 is 0 Å². The zero-order valence-electron chi connectivity index (χ0n) is 16.9. The zero-order valence-corrected chi connectivity index (χ0v) is 18.5. The molecule has 0 spiro atoms. The Hall–Kier alpha value is -3.45. The molecule has 31 heavy (non-hydrogen) atoms. The number of hydrogen-bond acceptors (Lipinski definition) is 4. The molecule has 4 rings (SSSR count). The van der Waals surface area contributed by atoms with Crippen LogP contribution in [0.2, 0.25) is 0 Å². The molecule has 0 atom stereocenters. The van der Waals surface area contributed by atoms with Crippen molar-refractivity contribution in [2.24, 2.45) is 5.16 Å². The number of fused-ring (bicyclic) bond motifs is 1. The molecular weight excluding hydrogens is 458 g/mol. The molecule has 0 N–H and O–H groups in total. The smallest absolute Gasteiger partial charge is 0.269 e. The predicted octanol–water partition coefficient (Wildman–Crippen LogP) is 6.22. The van der Waals surface area contributed by atoms with Crippen LogP contribution in [-0.2, 0) is 18.0 Å². The highest BCUT2D eigenvalue weighted by atomic mass is 79.9. The minimum absolute atomic E-state index is 0.0388. The summed E-state index contributed by atoms with van der Waals surface area (Å²) >= 11 is 3.48. The summed E-state index contributed by atoms with van der Waals surface area (Å²) in [4.78, 5) is 15.9. The SMILES string of the molecule is Cc1c(/C=N\OCc2cccc([N+](=O)[O-])c2)c2ccccc2n1Cc1ccc(Br)cc1. The van der Waals surface area contributed by atoms with E-state index in [1.54, 1.807) is 18.3 Å². The van der Waals surface area contributed by atoms with Crippen molar-refractivity contribution in [3.05, 3.63) is 110 Å². The second-order valence-electron chi connectivity index (χ2n) is 7.16. The minimum atomic E-state index is -0.420. The van der Waals surface area contributed by atoms with E-state index in [0.717, 1.165) is 33.2 Å². The van der Waals surface area contributed by atoms with Crippen LogP contribution in [0.4, 0.5) is 5.69 Å². The average Bonchev–Trinajstić information content (AvgIpc) is 3.04. The number of rotatable bonds is 7. The van der Waals surface area contributed by atoms with Gasteiger partial charge in [-0.25, -0.2) is 0 Å². The number of hydrogen-bond donors (Lipinski definition) is 0.